The van der Waals surface area contributed by atoms with Crippen LogP contribution in [0.1, 0.15) is 0 Å². The Balaban J connectivity index is 2.42. The fourth-order valence-corrected chi connectivity index (χ4v) is 1.22. The van der Waals surface area contributed by atoms with Crippen LogP contribution in [0.25, 0.3) is 0 Å². The van der Waals surface area contributed by atoms with Crippen LogP contribution in [0.5, 0.6) is 0 Å². The van der Waals surface area contributed by atoms with Crippen LogP contribution in [0, 0.1) is 0 Å². The van der Waals surface area contributed by atoms with E-state index in [1.54, 1.807) is 17.5 Å². The summed E-state index contributed by atoms with van der Waals surface area (Å²) in [5.41, 5.74) is 4.71. The van der Waals surface area contributed by atoms with Gasteiger partial charge in [0.05, 0.1) is 5.00 Å². The Kier molecular flexibility index (Phi) is 2.65. The van der Waals surface area contributed by atoms with Gasteiger partial charge in [-0.25, -0.2) is 9.59 Å². The number of anilines is 1. The molecule has 0 aliphatic carbocycles. The Morgan fingerprint density at radius 2 is 2.25 bits per heavy atom. The molecule has 0 radical (unpaired) electrons. The highest BCUT2D eigenvalue weighted by Gasteiger charge is 2.03. The molecule has 0 saturated carbocycles. The molecule has 4 N–H and O–H groups in total. The summed E-state index contributed by atoms with van der Waals surface area (Å²) in [4.78, 5) is 21.0. The molecule has 0 aromatic carbocycles. The number of primary amides is 1. The summed E-state index contributed by atoms with van der Waals surface area (Å²) in [6.07, 6.45) is 0. The lowest BCUT2D eigenvalue weighted by Gasteiger charge is -2.00. The quantitative estimate of drug-likeness (QED) is 0.608. The molecule has 0 unspecified atom stereocenters. The van der Waals surface area contributed by atoms with Gasteiger partial charge in [-0.05, 0) is 17.5 Å². The summed E-state index contributed by atoms with van der Waals surface area (Å²) >= 11 is 1.35. The van der Waals surface area contributed by atoms with Crippen molar-refractivity contribution >= 4 is 28.4 Å². The third-order valence-electron chi connectivity index (χ3n) is 0.995. The number of nitrogens with one attached hydrogen (secondary N) is 2. The highest BCUT2D eigenvalue weighted by atomic mass is 32.1. The minimum atomic E-state index is -0.871. The van der Waals surface area contributed by atoms with Crippen LogP contribution in [0.3, 0.4) is 0 Å². The zero-order valence-electron chi connectivity index (χ0n) is 6.03. The van der Waals surface area contributed by atoms with Crippen LogP contribution < -0.4 is 16.4 Å². The van der Waals surface area contributed by atoms with Crippen molar-refractivity contribution in [3.05, 3.63) is 17.5 Å². The van der Waals surface area contributed by atoms with Crippen molar-refractivity contribution in [2.24, 2.45) is 5.73 Å². The van der Waals surface area contributed by atoms with Crippen LogP contribution in [0.15, 0.2) is 17.5 Å². The normalized spacial score (nSPS) is 9.00. The fraction of sp³-hybridized carbons (Fsp3) is 0. The van der Waals surface area contributed by atoms with E-state index < -0.39 is 12.1 Å². The molecule has 5 nitrogen and oxygen atoms in total. The number of hydrogen-bond donors (Lipinski definition) is 3. The third kappa shape index (κ3) is 2.59. The smallest absolute Gasteiger partial charge is 0.327 e. The van der Waals surface area contributed by atoms with Gasteiger partial charge in [0.25, 0.3) is 0 Å². The van der Waals surface area contributed by atoms with Crippen molar-refractivity contribution in [2.75, 3.05) is 5.32 Å². The molecule has 1 heterocycles. The number of nitrogens with two attached hydrogens (primary N) is 1. The maximum absolute atomic E-state index is 10.8. The molecular weight excluding hydrogens is 178 g/mol. The fourth-order valence-electron chi connectivity index (χ4n) is 0.605. The number of amides is 4. The predicted octanol–water partition coefficient (Wildman–Crippen LogP) is 0.948. The van der Waals surface area contributed by atoms with Crippen molar-refractivity contribution < 1.29 is 9.59 Å². The van der Waals surface area contributed by atoms with E-state index in [1.165, 1.54) is 11.3 Å². The highest BCUT2D eigenvalue weighted by Crippen LogP contribution is 2.14. The highest BCUT2D eigenvalue weighted by molar-refractivity contribution is 7.14. The van der Waals surface area contributed by atoms with Crippen molar-refractivity contribution in [3.8, 4) is 0 Å². The predicted molar refractivity (Wildman–Crippen MR) is 46.1 cm³/mol. The van der Waals surface area contributed by atoms with E-state index in [0.29, 0.717) is 5.00 Å². The number of carbonyl (C=O) groups excluding carboxylic acids is 2. The lowest BCUT2D eigenvalue weighted by Crippen LogP contribution is -2.37. The van der Waals surface area contributed by atoms with Gasteiger partial charge in [-0.1, -0.05) is 0 Å². The molecule has 1 aromatic heterocycles. The first-order valence-electron chi connectivity index (χ1n) is 3.09. The van der Waals surface area contributed by atoms with Crippen molar-refractivity contribution in [1.29, 1.82) is 0 Å². The number of hydrogen-bond acceptors (Lipinski definition) is 3. The van der Waals surface area contributed by atoms with E-state index in [2.05, 4.69) is 5.32 Å². The maximum atomic E-state index is 10.8. The van der Waals surface area contributed by atoms with Gasteiger partial charge in [0.15, 0.2) is 0 Å². The molecule has 0 saturated heterocycles. The zero-order valence-corrected chi connectivity index (χ0v) is 6.85. The Labute approximate surface area is 72.6 Å². The molecule has 1 aromatic rings. The largest absolute Gasteiger partial charge is 0.351 e. The molecule has 0 atom stereocenters. The second-order valence-corrected chi connectivity index (χ2v) is 2.87. The lowest BCUT2D eigenvalue weighted by atomic mass is 10.6. The standard InChI is InChI=1S/C6H7N3O2S/c7-5(10)9-6(11)8-4-2-1-3-12-4/h1-3H,(H4,7,8,9,10,11). The maximum Gasteiger partial charge on any atom is 0.327 e. The average molecular weight is 185 g/mol. The van der Waals surface area contributed by atoms with Gasteiger partial charge in [0.2, 0.25) is 0 Å². The number of imide groups is 1. The Bertz CT molecular complexity index is 283. The van der Waals surface area contributed by atoms with E-state index in [0.717, 1.165) is 0 Å². The summed E-state index contributed by atoms with van der Waals surface area (Å²) in [7, 11) is 0. The average Bonchev–Trinajstić information content (AvgIpc) is 2.37. The summed E-state index contributed by atoms with van der Waals surface area (Å²) in [6.45, 7) is 0. The Morgan fingerprint density at radius 3 is 2.75 bits per heavy atom. The first-order chi connectivity index (χ1) is 5.68. The Hall–Kier alpha value is -1.56. The van der Waals surface area contributed by atoms with E-state index in [4.69, 9.17) is 5.73 Å². The van der Waals surface area contributed by atoms with Gasteiger partial charge in [-0.3, -0.25) is 10.6 Å². The van der Waals surface area contributed by atoms with Gasteiger partial charge in [0.1, 0.15) is 0 Å². The molecule has 64 valence electrons. The van der Waals surface area contributed by atoms with Crippen molar-refractivity contribution in [2.45, 2.75) is 0 Å². The van der Waals surface area contributed by atoms with E-state index >= 15 is 0 Å². The second-order valence-electron chi connectivity index (χ2n) is 1.92. The van der Waals surface area contributed by atoms with Crippen LogP contribution in [0.4, 0.5) is 14.6 Å². The van der Waals surface area contributed by atoms with Gasteiger partial charge >= 0.3 is 12.1 Å². The summed E-state index contributed by atoms with van der Waals surface area (Å²) in [6, 6.07) is 2.00. The van der Waals surface area contributed by atoms with Crippen LogP contribution >= 0.6 is 11.3 Å². The first-order valence-corrected chi connectivity index (χ1v) is 3.97. The molecule has 0 aliphatic heterocycles. The van der Waals surface area contributed by atoms with Gasteiger partial charge < -0.3 is 5.73 Å². The van der Waals surface area contributed by atoms with Gasteiger partial charge in [-0.15, -0.1) is 11.3 Å². The van der Waals surface area contributed by atoms with Crippen LogP contribution in [0.2, 0.25) is 0 Å². The molecule has 0 spiro atoms. The topological polar surface area (TPSA) is 84.2 Å². The molecule has 6 heteroatoms. The van der Waals surface area contributed by atoms with Crippen LogP contribution in [-0.2, 0) is 0 Å². The van der Waals surface area contributed by atoms with Crippen molar-refractivity contribution in [1.82, 2.24) is 5.32 Å². The van der Waals surface area contributed by atoms with E-state index in [1.807, 2.05) is 5.32 Å². The number of urea groups is 2. The molecule has 4 amide bonds. The van der Waals surface area contributed by atoms with Gasteiger partial charge in [0, 0.05) is 0 Å². The Morgan fingerprint density at radius 1 is 1.50 bits per heavy atom. The molecule has 12 heavy (non-hydrogen) atoms. The summed E-state index contributed by atoms with van der Waals surface area (Å²) < 4.78 is 0. The van der Waals surface area contributed by atoms with E-state index in [9.17, 15) is 9.59 Å². The summed E-state index contributed by atoms with van der Waals surface area (Å²) in [5, 5.41) is 6.76. The zero-order chi connectivity index (χ0) is 8.97. The first kappa shape index (κ1) is 8.54. The summed E-state index contributed by atoms with van der Waals surface area (Å²) in [5.74, 6) is 0. The van der Waals surface area contributed by atoms with Crippen LogP contribution in [-0.4, -0.2) is 12.1 Å². The third-order valence-corrected chi connectivity index (χ3v) is 1.78. The molecule has 0 bridgehead atoms. The SMILES string of the molecule is NC(=O)NC(=O)Nc1cccs1. The monoisotopic (exact) mass is 185 g/mol. The lowest BCUT2D eigenvalue weighted by molar-refractivity contribution is 0.238. The molecule has 0 aliphatic rings. The van der Waals surface area contributed by atoms with Gasteiger partial charge in [-0.2, -0.15) is 0 Å². The van der Waals surface area contributed by atoms with E-state index in [-0.39, 0.29) is 0 Å². The molecule has 0 fully saturated rings. The van der Waals surface area contributed by atoms with Crippen molar-refractivity contribution in [3.63, 3.8) is 0 Å². The minimum Gasteiger partial charge on any atom is -0.351 e. The number of rotatable bonds is 1. The second kappa shape index (κ2) is 3.72. The molecular formula is C6H7N3O2S. The minimum absolute atomic E-state index is 0.620. The number of thiophene rings is 1. The molecule has 1 rings (SSSR count). The number of carbonyl (C=O) groups is 2.